The van der Waals surface area contributed by atoms with Gasteiger partial charge in [0.25, 0.3) is 0 Å². The smallest absolute Gasteiger partial charge is 0.230 e. The first-order chi connectivity index (χ1) is 14.4. The van der Waals surface area contributed by atoms with Crippen LogP contribution >= 0.6 is 0 Å². The molecule has 0 saturated carbocycles. The number of hydrogen-bond donors (Lipinski definition) is 2. The van der Waals surface area contributed by atoms with Crippen molar-refractivity contribution in [1.29, 1.82) is 0 Å². The maximum absolute atomic E-state index is 13.3. The maximum atomic E-state index is 13.3. The fraction of sp³-hybridized carbons (Fsp3) is 0.500. The number of fused-ring (bicyclic) bond motifs is 2. The zero-order valence-electron chi connectivity index (χ0n) is 17.0. The summed E-state index contributed by atoms with van der Waals surface area (Å²) in [5.74, 6) is -0.607. The second kappa shape index (κ2) is 6.91. The monoisotopic (exact) mass is 412 g/mol. The number of aryl methyl sites for hydroxylation is 1. The summed E-state index contributed by atoms with van der Waals surface area (Å²) >= 11 is 0. The molecule has 0 unspecified atom stereocenters. The lowest BCUT2D eigenvalue weighted by molar-refractivity contribution is -0.138. The van der Waals surface area contributed by atoms with Crippen molar-refractivity contribution in [3.8, 4) is 0 Å². The van der Waals surface area contributed by atoms with Crippen LogP contribution in [0, 0.1) is 17.7 Å². The van der Waals surface area contributed by atoms with E-state index in [2.05, 4.69) is 15.3 Å². The molecule has 3 aliphatic heterocycles. The minimum absolute atomic E-state index is 0.00603. The Morgan fingerprint density at radius 3 is 3.10 bits per heavy atom. The molecular formula is C22H25FN4O3. The first-order valence-corrected chi connectivity index (χ1v) is 10.5. The largest absolute Gasteiger partial charge is 0.360 e. The molecule has 2 saturated heterocycles. The van der Waals surface area contributed by atoms with Crippen molar-refractivity contribution < 1.29 is 18.7 Å². The Morgan fingerprint density at radius 1 is 1.47 bits per heavy atom. The van der Waals surface area contributed by atoms with E-state index in [-0.39, 0.29) is 29.8 Å². The summed E-state index contributed by atoms with van der Waals surface area (Å²) < 4.78 is 19.4. The van der Waals surface area contributed by atoms with Crippen LogP contribution < -0.4 is 5.32 Å². The van der Waals surface area contributed by atoms with E-state index in [1.807, 2.05) is 26.0 Å². The Kier molecular flexibility index (Phi) is 4.43. The van der Waals surface area contributed by atoms with Gasteiger partial charge >= 0.3 is 0 Å². The maximum Gasteiger partial charge on any atom is 0.230 e. The van der Waals surface area contributed by atoms with E-state index in [1.54, 1.807) is 11.0 Å². The zero-order chi connectivity index (χ0) is 21.0. The molecule has 2 fully saturated rings. The van der Waals surface area contributed by atoms with Crippen molar-refractivity contribution in [1.82, 2.24) is 20.2 Å². The van der Waals surface area contributed by atoms with Gasteiger partial charge in [0.1, 0.15) is 17.2 Å². The van der Waals surface area contributed by atoms with Crippen LogP contribution in [0.25, 0.3) is 11.0 Å². The Labute approximate surface area is 173 Å². The lowest BCUT2D eigenvalue weighted by Crippen LogP contribution is -2.44. The number of hydrogen-bond acceptors (Lipinski definition) is 4. The van der Waals surface area contributed by atoms with Gasteiger partial charge in [-0.3, -0.25) is 9.59 Å². The third kappa shape index (κ3) is 2.93. The Bertz CT molecular complexity index is 1050. The molecule has 3 aliphatic rings. The Morgan fingerprint density at radius 2 is 2.30 bits per heavy atom. The minimum Gasteiger partial charge on any atom is -0.360 e. The van der Waals surface area contributed by atoms with Gasteiger partial charge < -0.3 is 19.9 Å². The van der Waals surface area contributed by atoms with Crippen LogP contribution in [0.15, 0.2) is 30.4 Å². The lowest BCUT2D eigenvalue weighted by Gasteiger charge is -2.24. The van der Waals surface area contributed by atoms with E-state index in [0.29, 0.717) is 31.4 Å². The molecule has 2 amide bonds. The molecule has 0 radical (unpaired) electrons. The van der Waals surface area contributed by atoms with E-state index in [9.17, 15) is 14.0 Å². The fourth-order valence-corrected chi connectivity index (χ4v) is 5.00. The standard InChI is InChI=1S/C22H25FN4O3/c1-12(2)27-11-22-8-7-16(30-22)18(19(22)21(27)29)20(28)24-9-3-4-17-25-14-6-5-13(23)10-15(14)26-17/h5-8,10,12,16,18-19H,3-4,9,11H2,1-2H3,(H,24,28)(H,25,26)/t16-,18+,19-,22-/m1/s1. The number of carbonyl (C=O) groups excluding carboxylic acids is 2. The summed E-state index contributed by atoms with van der Waals surface area (Å²) in [5.41, 5.74) is 0.734. The summed E-state index contributed by atoms with van der Waals surface area (Å²) in [6.45, 7) is 4.94. The van der Waals surface area contributed by atoms with Crippen molar-refractivity contribution in [3.63, 3.8) is 0 Å². The number of ether oxygens (including phenoxy) is 1. The third-order valence-corrected chi connectivity index (χ3v) is 6.44. The Balaban J connectivity index is 1.20. The van der Waals surface area contributed by atoms with Crippen LogP contribution in [-0.4, -0.2) is 57.5 Å². The molecule has 158 valence electrons. The molecule has 2 N–H and O–H groups in total. The van der Waals surface area contributed by atoms with E-state index in [0.717, 1.165) is 11.3 Å². The molecule has 8 heteroatoms. The molecule has 1 aromatic heterocycles. The molecule has 1 spiro atoms. The summed E-state index contributed by atoms with van der Waals surface area (Å²) in [4.78, 5) is 35.2. The number of rotatable bonds is 6. The van der Waals surface area contributed by atoms with Gasteiger partial charge in [0.05, 0.1) is 35.5 Å². The first-order valence-electron chi connectivity index (χ1n) is 10.5. The van der Waals surface area contributed by atoms with E-state index in [4.69, 9.17) is 4.74 Å². The first kappa shape index (κ1) is 19.2. The van der Waals surface area contributed by atoms with Crippen molar-refractivity contribution in [2.75, 3.05) is 13.1 Å². The van der Waals surface area contributed by atoms with Crippen LogP contribution in [0.5, 0.6) is 0 Å². The third-order valence-electron chi connectivity index (χ3n) is 6.44. The molecular weight excluding hydrogens is 387 g/mol. The number of carbonyl (C=O) groups is 2. The summed E-state index contributed by atoms with van der Waals surface area (Å²) in [7, 11) is 0. The summed E-state index contributed by atoms with van der Waals surface area (Å²) in [5, 5.41) is 2.97. The van der Waals surface area contributed by atoms with Gasteiger partial charge in [-0.25, -0.2) is 9.37 Å². The average molecular weight is 412 g/mol. The van der Waals surface area contributed by atoms with Crippen molar-refractivity contribution >= 4 is 22.8 Å². The van der Waals surface area contributed by atoms with Crippen LogP contribution in [0.2, 0.25) is 0 Å². The topological polar surface area (TPSA) is 87.3 Å². The Hall–Kier alpha value is -2.74. The second-order valence-electron chi connectivity index (χ2n) is 8.70. The highest BCUT2D eigenvalue weighted by molar-refractivity contribution is 5.93. The zero-order valence-corrected chi connectivity index (χ0v) is 17.0. The van der Waals surface area contributed by atoms with Gasteiger partial charge in [0, 0.05) is 19.0 Å². The van der Waals surface area contributed by atoms with Crippen LogP contribution in [0.1, 0.15) is 26.1 Å². The van der Waals surface area contributed by atoms with Gasteiger partial charge in [0.2, 0.25) is 11.8 Å². The SMILES string of the molecule is CC(C)N1C[C@@]23C=C[C@@H](O2)[C@H](C(=O)NCCCc2nc4ccc(F)cc4[nH]2)[C@@H]3C1=O. The fourth-order valence-electron chi connectivity index (χ4n) is 5.00. The van der Waals surface area contributed by atoms with Gasteiger partial charge in [-0.2, -0.15) is 0 Å². The number of imidazole rings is 1. The van der Waals surface area contributed by atoms with E-state index in [1.165, 1.54) is 12.1 Å². The number of aromatic nitrogens is 2. The van der Waals surface area contributed by atoms with Gasteiger partial charge in [-0.1, -0.05) is 12.2 Å². The predicted octanol–water partition coefficient (Wildman–Crippen LogP) is 1.94. The average Bonchev–Trinajstić information content (AvgIpc) is 3.44. The van der Waals surface area contributed by atoms with Gasteiger partial charge in [0.15, 0.2) is 0 Å². The van der Waals surface area contributed by atoms with Crippen molar-refractivity contribution in [2.24, 2.45) is 11.8 Å². The summed E-state index contributed by atoms with van der Waals surface area (Å²) in [6.07, 6.45) is 4.87. The highest BCUT2D eigenvalue weighted by Gasteiger charge is 2.66. The molecule has 4 heterocycles. The highest BCUT2D eigenvalue weighted by Crippen LogP contribution is 2.52. The molecule has 1 aromatic carbocycles. The molecule has 0 aliphatic carbocycles. The number of likely N-dealkylation sites (tertiary alicyclic amines) is 1. The number of amides is 2. The van der Waals surface area contributed by atoms with Crippen LogP contribution in [0.3, 0.4) is 0 Å². The highest BCUT2D eigenvalue weighted by atomic mass is 19.1. The van der Waals surface area contributed by atoms with E-state index < -0.39 is 17.4 Å². The number of benzene rings is 1. The van der Waals surface area contributed by atoms with Crippen LogP contribution in [0.4, 0.5) is 4.39 Å². The van der Waals surface area contributed by atoms with Gasteiger partial charge in [-0.15, -0.1) is 0 Å². The molecule has 7 nitrogen and oxygen atoms in total. The number of nitrogens with one attached hydrogen (secondary N) is 2. The number of halogens is 1. The van der Waals surface area contributed by atoms with Gasteiger partial charge in [-0.05, 0) is 38.5 Å². The van der Waals surface area contributed by atoms with Crippen molar-refractivity contribution in [2.45, 2.75) is 44.4 Å². The quantitative estimate of drug-likeness (QED) is 0.561. The normalized spacial score (nSPS) is 29.4. The van der Waals surface area contributed by atoms with Crippen LogP contribution in [-0.2, 0) is 20.7 Å². The molecule has 30 heavy (non-hydrogen) atoms. The van der Waals surface area contributed by atoms with Crippen molar-refractivity contribution in [3.05, 3.63) is 42.0 Å². The lowest BCUT2D eigenvalue weighted by atomic mass is 9.77. The number of nitrogens with zero attached hydrogens (tertiary/aromatic N) is 2. The number of aromatic amines is 1. The molecule has 4 atom stereocenters. The van der Waals surface area contributed by atoms with E-state index >= 15 is 0 Å². The molecule has 5 rings (SSSR count). The summed E-state index contributed by atoms with van der Waals surface area (Å²) in [6, 6.07) is 4.53. The number of H-pyrrole nitrogens is 1. The predicted molar refractivity (Wildman–Crippen MR) is 108 cm³/mol. The minimum atomic E-state index is -0.655. The molecule has 2 bridgehead atoms. The molecule has 2 aromatic rings. The second-order valence-corrected chi connectivity index (χ2v) is 8.70.